The van der Waals surface area contributed by atoms with Crippen LogP contribution in [0.4, 0.5) is 5.82 Å². The van der Waals surface area contributed by atoms with Gasteiger partial charge in [0, 0.05) is 32.5 Å². The molecule has 1 aliphatic heterocycles. The maximum absolute atomic E-state index is 9.40. The number of aryl methyl sites for hydroxylation is 1. The molecular weight excluding hydrogens is 252 g/mol. The minimum Gasteiger partial charge on any atom is -0.392 e. The van der Waals surface area contributed by atoms with Crippen LogP contribution >= 0.6 is 0 Å². The normalized spacial score (nSPS) is 16.4. The van der Waals surface area contributed by atoms with Crippen LogP contribution in [0.15, 0.2) is 12.1 Å². The zero-order valence-corrected chi connectivity index (χ0v) is 12.6. The van der Waals surface area contributed by atoms with E-state index in [1.165, 1.54) is 0 Å². The first-order valence-electron chi connectivity index (χ1n) is 7.62. The van der Waals surface area contributed by atoms with E-state index in [1.807, 2.05) is 12.1 Å². The summed E-state index contributed by atoms with van der Waals surface area (Å²) < 4.78 is 5.41. The molecule has 0 aliphatic carbocycles. The summed E-state index contributed by atoms with van der Waals surface area (Å²) in [6.45, 7) is 5.00. The monoisotopic (exact) mass is 278 g/mol. The summed E-state index contributed by atoms with van der Waals surface area (Å²) in [5.41, 5.74) is 2.03. The minimum atomic E-state index is 0.0807. The Morgan fingerprint density at radius 2 is 2.10 bits per heavy atom. The van der Waals surface area contributed by atoms with Gasteiger partial charge in [-0.15, -0.1) is 0 Å². The van der Waals surface area contributed by atoms with Gasteiger partial charge in [0.25, 0.3) is 0 Å². The highest BCUT2D eigenvalue weighted by Gasteiger charge is 2.17. The Morgan fingerprint density at radius 3 is 2.75 bits per heavy atom. The fraction of sp³-hybridized carbons (Fsp3) is 0.688. The summed E-state index contributed by atoms with van der Waals surface area (Å²) in [5, 5.41) is 9.40. The third kappa shape index (κ3) is 4.18. The highest BCUT2D eigenvalue weighted by atomic mass is 16.5. The third-order valence-corrected chi connectivity index (χ3v) is 3.88. The number of nitrogens with zero attached hydrogens (tertiary/aromatic N) is 2. The molecule has 1 aromatic heterocycles. The molecule has 20 heavy (non-hydrogen) atoms. The van der Waals surface area contributed by atoms with Crippen LogP contribution in [0.5, 0.6) is 0 Å². The highest BCUT2D eigenvalue weighted by molar-refractivity contribution is 5.42. The molecule has 0 spiro atoms. The summed E-state index contributed by atoms with van der Waals surface area (Å²) in [5.74, 6) is 1.66. The number of aromatic nitrogens is 1. The van der Waals surface area contributed by atoms with Crippen LogP contribution in [-0.4, -0.2) is 36.9 Å². The molecule has 1 saturated heterocycles. The van der Waals surface area contributed by atoms with Crippen LogP contribution in [0, 0.1) is 5.92 Å². The van der Waals surface area contributed by atoms with Crippen molar-refractivity contribution in [3.63, 3.8) is 0 Å². The Bertz CT molecular complexity index is 417. The molecule has 1 aromatic rings. The van der Waals surface area contributed by atoms with E-state index in [2.05, 4.69) is 18.9 Å². The molecule has 2 heterocycles. The zero-order valence-electron chi connectivity index (χ0n) is 12.6. The van der Waals surface area contributed by atoms with E-state index >= 15 is 0 Å². The molecular formula is C16H26N2O2. The predicted octanol–water partition coefficient (Wildman–Crippen LogP) is 2.39. The molecule has 112 valence electrons. The number of aliphatic hydroxyl groups is 1. The topological polar surface area (TPSA) is 45.6 Å². The van der Waals surface area contributed by atoms with Gasteiger partial charge in [-0.1, -0.05) is 13.3 Å². The molecule has 2 rings (SSSR count). The number of rotatable bonds is 6. The van der Waals surface area contributed by atoms with Gasteiger partial charge in [0.2, 0.25) is 0 Å². The molecule has 0 amide bonds. The van der Waals surface area contributed by atoms with Gasteiger partial charge in [-0.3, -0.25) is 0 Å². The lowest BCUT2D eigenvalue weighted by molar-refractivity contribution is 0.0685. The standard InChI is InChI=1S/C16H26N2O2/c1-3-4-15-9-14(12-19)10-16(17-15)18(2)11-13-5-7-20-8-6-13/h9-10,13,19H,3-8,11-12H2,1-2H3. The Hall–Kier alpha value is -1.13. The lowest BCUT2D eigenvalue weighted by Crippen LogP contribution is -2.30. The summed E-state index contributed by atoms with van der Waals surface area (Å²) in [6.07, 6.45) is 4.30. The van der Waals surface area contributed by atoms with E-state index < -0.39 is 0 Å². The van der Waals surface area contributed by atoms with Crippen LogP contribution in [0.1, 0.15) is 37.4 Å². The van der Waals surface area contributed by atoms with Crippen molar-refractivity contribution >= 4 is 5.82 Å². The van der Waals surface area contributed by atoms with Crippen molar-refractivity contribution in [2.75, 3.05) is 31.7 Å². The Morgan fingerprint density at radius 1 is 1.35 bits per heavy atom. The summed E-state index contributed by atoms with van der Waals surface area (Å²) >= 11 is 0. The fourth-order valence-corrected chi connectivity index (χ4v) is 2.71. The molecule has 1 fully saturated rings. The number of aliphatic hydroxyl groups excluding tert-OH is 1. The SMILES string of the molecule is CCCc1cc(CO)cc(N(C)CC2CCOCC2)n1. The van der Waals surface area contributed by atoms with Crippen molar-refractivity contribution in [3.05, 3.63) is 23.4 Å². The summed E-state index contributed by atoms with van der Waals surface area (Å²) in [6, 6.07) is 4.01. The van der Waals surface area contributed by atoms with Gasteiger partial charge in [-0.2, -0.15) is 0 Å². The van der Waals surface area contributed by atoms with Crippen molar-refractivity contribution in [2.24, 2.45) is 5.92 Å². The number of ether oxygens (including phenoxy) is 1. The number of hydrogen-bond donors (Lipinski definition) is 1. The first-order valence-corrected chi connectivity index (χ1v) is 7.62. The maximum atomic E-state index is 9.40. The van der Waals surface area contributed by atoms with Gasteiger partial charge in [0.1, 0.15) is 5.82 Å². The molecule has 1 N–H and O–H groups in total. The van der Waals surface area contributed by atoms with Gasteiger partial charge in [0.15, 0.2) is 0 Å². The minimum absolute atomic E-state index is 0.0807. The second-order valence-corrected chi connectivity index (χ2v) is 5.67. The molecule has 0 bridgehead atoms. The summed E-state index contributed by atoms with van der Waals surface area (Å²) in [7, 11) is 2.09. The van der Waals surface area contributed by atoms with E-state index in [-0.39, 0.29) is 6.61 Å². The van der Waals surface area contributed by atoms with Gasteiger partial charge in [-0.25, -0.2) is 4.98 Å². The average Bonchev–Trinajstić information content (AvgIpc) is 2.48. The van der Waals surface area contributed by atoms with Crippen molar-refractivity contribution in [3.8, 4) is 0 Å². The first kappa shape index (κ1) is 15.3. The molecule has 4 heteroatoms. The summed E-state index contributed by atoms with van der Waals surface area (Å²) in [4.78, 5) is 6.94. The number of pyridine rings is 1. The van der Waals surface area contributed by atoms with E-state index in [4.69, 9.17) is 9.72 Å². The van der Waals surface area contributed by atoms with Crippen LogP contribution in [0.2, 0.25) is 0 Å². The lowest BCUT2D eigenvalue weighted by Gasteiger charge is -2.28. The van der Waals surface area contributed by atoms with Crippen LogP contribution in [-0.2, 0) is 17.8 Å². The molecule has 0 saturated carbocycles. The zero-order chi connectivity index (χ0) is 14.4. The Labute approximate surface area is 121 Å². The van der Waals surface area contributed by atoms with Crippen molar-refractivity contribution in [1.29, 1.82) is 0 Å². The highest BCUT2D eigenvalue weighted by Crippen LogP contribution is 2.20. The predicted molar refractivity (Wildman–Crippen MR) is 81.0 cm³/mol. The van der Waals surface area contributed by atoms with Gasteiger partial charge < -0.3 is 14.7 Å². The Balaban J connectivity index is 2.06. The second-order valence-electron chi connectivity index (χ2n) is 5.67. The van der Waals surface area contributed by atoms with Crippen molar-refractivity contribution < 1.29 is 9.84 Å². The van der Waals surface area contributed by atoms with Gasteiger partial charge in [-0.05, 0) is 42.9 Å². The van der Waals surface area contributed by atoms with Crippen molar-refractivity contribution in [2.45, 2.75) is 39.2 Å². The van der Waals surface area contributed by atoms with Gasteiger partial charge >= 0.3 is 0 Å². The largest absolute Gasteiger partial charge is 0.392 e. The molecule has 0 aromatic carbocycles. The lowest BCUT2D eigenvalue weighted by atomic mass is 10.00. The van der Waals surface area contributed by atoms with E-state index in [0.717, 1.165) is 62.5 Å². The molecule has 0 unspecified atom stereocenters. The van der Waals surface area contributed by atoms with E-state index in [1.54, 1.807) is 0 Å². The third-order valence-electron chi connectivity index (χ3n) is 3.88. The van der Waals surface area contributed by atoms with Crippen molar-refractivity contribution in [1.82, 2.24) is 4.98 Å². The molecule has 4 nitrogen and oxygen atoms in total. The van der Waals surface area contributed by atoms with Gasteiger partial charge in [0.05, 0.1) is 6.61 Å². The quantitative estimate of drug-likeness (QED) is 0.868. The first-order chi connectivity index (χ1) is 9.72. The molecule has 0 radical (unpaired) electrons. The number of hydrogen-bond acceptors (Lipinski definition) is 4. The van der Waals surface area contributed by atoms with E-state index in [0.29, 0.717) is 5.92 Å². The number of anilines is 1. The fourth-order valence-electron chi connectivity index (χ4n) is 2.71. The van der Waals surface area contributed by atoms with Crippen LogP contribution in [0.3, 0.4) is 0 Å². The maximum Gasteiger partial charge on any atom is 0.128 e. The van der Waals surface area contributed by atoms with E-state index in [9.17, 15) is 5.11 Å². The Kier molecular flexibility index (Phi) is 5.80. The average molecular weight is 278 g/mol. The molecule has 1 aliphatic rings. The van der Waals surface area contributed by atoms with Crippen LogP contribution in [0.25, 0.3) is 0 Å². The van der Waals surface area contributed by atoms with Crippen LogP contribution < -0.4 is 4.90 Å². The smallest absolute Gasteiger partial charge is 0.128 e. The molecule has 0 atom stereocenters. The second kappa shape index (κ2) is 7.60.